The van der Waals surface area contributed by atoms with E-state index in [2.05, 4.69) is 5.43 Å². The number of ether oxygens (including phenoxy) is 1. The molecule has 2 rings (SSSR count). The number of hydrogen-bond donors (Lipinski definition) is 2. The molecule has 112 valence electrons. The van der Waals surface area contributed by atoms with Crippen LogP contribution in [0.2, 0.25) is 0 Å². The zero-order valence-electron chi connectivity index (χ0n) is 11.4. The Balaban J connectivity index is 2.29. The summed E-state index contributed by atoms with van der Waals surface area (Å²) in [6.07, 6.45) is 0.171. The second-order valence-corrected chi connectivity index (χ2v) is 4.53. The van der Waals surface area contributed by atoms with E-state index in [9.17, 15) is 13.2 Å². The number of nitrogens with two attached hydrogens (primary N) is 1. The summed E-state index contributed by atoms with van der Waals surface area (Å²) >= 11 is 0. The molecule has 1 atom stereocenters. The molecule has 0 aromatic heterocycles. The molecule has 0 amide bonds. The van der Waals surface area contributed by atoms with Crippen molar-refractivity contribution < 1.29 is 17.9 Å². The first-order valence-corrected chi connectivity index (χ1v) is 6.29. The van der Waals surface area contributed by atoms with E-state index >= 15 is 0 Å². The third-order valence-corrected chi connectivity index (χ3v) is 3.23. The molecular formula is C15H15F3N2O. The lowest BCUT2D eigenvalue weighted by atomic mass is 9.98. The molecule has 0 saturated heterocycles. The van der Waals surface area contributed by atoms with Gasteiger partial charge >= 0.3 is 0 Å². The quantitative estimate of drug-likeness (QED) is 0.659. The van der Waals surface area contributed by atoms with Gasteiger partial charge in [-0.15, -0.1) is 0 Å². The van der Waals surface area contributed by atoms with E-state index in [0.29, 0.717) is 11.1 Å². The molecule has 3 nitrogen and oxygen atoms in total. The molecule has 2 aromatic rings. The van der Waals surface area contributed by atoms with Gasteiger partial charge in [0.2, 0.25) is 0 Å². The molecule has 0 aliphatic carbocycles. The maximum absolute atomic E-state index is 14.1. The average molecular weight is 296 g/mol. The Labute approximate surface area is 120 Å². The van der Waals surface area contributed by atoms with Crippen molar-refractivity contribution in [3.63, 3.8) is 0 Å². The lowest BCUT2D eigenvalue weighted by molar-refractivity contribution is 0.382. The Morgan fingerprint density at radius 3 is 2.52 bits per heavy atom. The molecule has 0 aliphatic rings. The molecule has 0 bridgehead atoms. The first kappa shape index (κ1) is 15.3. The van der Waals surface area contributed by atoms with Gasteiger partial charge in [0.25, 0.3) is 0 Å². The van der Waals surface area contributed by atoms with Gasteiger partial charge in [0.1, 0.15) is 0 Å². The van der Waals surface area contributed by atoms with Crippen LogP contribution >= 0.6 is 0 Å². The van der Waals surface area contributed by atoms with Crippen LogP contribution in [0, 0.1) is 17.5 Å². The number of rotatable bonds is 5. The molecular weight excluding hydrogens is 281 g/mol. The van der Waals surface area contributed by atoms with Crippen LogP contribution in [0.4, 0.5) is 13.2 Å². The molecule has 2 aromatic carbocycles. The van der Waals surface area contributed by atoms with E-state index in [4.69, 9.17) is 10.6 Å². The van der Waals surface area contributed by atoms with Crippen molar-refractivity contribution in [1.29, 1.82) is 0 Å². The van der Waals surface area contributed by atoms with E-state index in [1.54, 1.807) is 12.1 Å². The summed E-state index contributed by atoms with van der Waals surface area (Å²) in [7, 11) is 1.37. The van der Waals surface area contributed by atoms with Crippen molar-refractivity contribution in [2.45, 2.75) is 12.5 Å². The minimum absolute atomic E-state index is 0.119. The van der Waals surface area contributed by atoms with Crippen LogP contribution in [0.15, 0.2) is 36.4 Å². The Kier molecular flexibility index (Phi) is 4.82. The van der Waals surface area contributed by atoms with Crippen molar-refractivity contribution in [2.24, 2.45) is 5.84 Å². The maximum Gasteiger partial charge on any atom is 0.168 e. The number of benzene rings is 2. The molecule has 0 aliphatic heterocycles. The van der Waals surface area contributed by atoms with E-state index < -0.39 is 23.5 Å². The van der Waals surface area contributed by atoms with Crippen molar-refractivity contribution in [3.05, 3.63) is 65.0 Å². The van der Waals surface area contributed by atoms with E-state index in [0.717, 1.165) is 12.1 Å². The van der Waals surface area contributed by atoms with E-state index in [1.165, 1.54) is 19.2 Å². The van der Waals surface area contributed by atoms with Crippen molar-refractivity contribution >= 4 is 0 Å². The number of hydrogen-bond acceptors (Lipinski definition) is 3. The predicted octanol–water partition coefficient (Wildman–Crippen LogP) is 2.86. The fourth-order valence-electron chi connectivity index (χ4n) is 2.09. The molecule has 0 heterocycles. The Morgan fingerprint density at radius 1 is 1.14 bits per heavy atom. The average Bonchev–Trinajstić information content (AvgIpc) is 2.49. The van der Waals surface area contributed by atoms with Gasteiger partial charge < -0.3 is 4.74 Å². The van der Waals surface area contributed by atoms with Crippen LogP contribution in [-0.2, 0) is 6.42 Å². The van der Waals surface area contributed by atoms with Gasteiger partial charge in [-0.3, -0.25) is 11.3 Å². The minimum atomic E-state index is -0.973. The predicted molar refractivity (Wildman–Crippen MR) is 73.1 cm³/mol. The van der Waals surface area contributed by atoms with E-state index in [-0.39, 0.29) is 12.2 Å². The number of nitrogens with one attached hydrogen (secondary N) is 1. The molecule has 0 fully saturated rings. The van der Waals surface area contributed by atoms with Crippen LogP contribution in [0.5, 0.6) is 5.75 Å². The van der Waals surface area contributed by atoms with Gasteiger partial charge in [-0.25, -0.2) is 13.2 Å². The summed E-state index contributed by atoms with van der Waals surface area (Å²) < 4.78 is 45.2. The highest BCUT2D eigenvalue weighted by atomic mass is 19.2. The standard InChI is InChI=1S/C15H15F3N2O/c1-21-14-4-2-3-10(15(14)18)8-13(20-19)9-5-6-11(16)12(17)7-9/h2-7,13,20H,8,19H2,1H3. The molecule has 6 heteroatoms. The minimum Gasteiger partial charge on any atom is -0.494 e. The first-order valence-electron chi connectivity index (χ1n) is 6.29. The van der Waals surface area contributed by atoms with Crippen LogP contribution < -0.4 is 16.0 Å². The van der Waals surface area contributed by atoms with Gasteiger partial charge in [0, 0.05) is 0 Å². The van der Waals surface area contributed by atoms with Crippen LogP contribution in [0.25, 0.3) is 0 Å². The Morgan fingerprint density at radius 2 is 1.90 bits per heavy atom. The summed E-state index contributed by atoms with van der Waals surface area (Å²) in [5, 5.41) is 0. The molecule has 0 saturated carbocycles. The summed E-state index contributed by atoms with van der Waals surface area (Å²) in [4.78, 5) is 0. The topological polar surface area (TPSA) is 47.3 Å². The zero-order valence-corrected chi connectivity index (χ0v) is 11.4. The van der Waals surface area contributed by atoms with Crippen molar-refractivity contribution in [1.82, 2.24) is 5.43 Å². The lowest BCUT2D eigenvalue weighted by Crippen LogP contribution is -2.30. The largest absolute Gasteiger partial charge is 0.494 e. The fourth-order valence-corrected chi connectivity index (χ4v) is 2.09. The smallest absolute Gasteiger partial charge is 0.168 e. The first-order chi connectivity index (χ1) is 10.1. The normalized spacial score (nSPS) is 12.2. The lowest BCUT2D eigenvalue weighted by Gasteiger charge is -2.17. The third kappa shape index (κ3) is 3.34. The van der Waals surface area contributed by atoms with Crippen molar-refractivity contribution in [3.8, 4) is 5.75 Å². The second-order valence-electron chi connectivity index (χ2n) is 4.53. The third-order valence-electron chi connectivity index (χ3n) is 3.23. The number of hydrazine groups is 1. The summed E-state index contributed by atoms with van der Waals surface area (Å²) in [5.74, 6) is 3.15. The van der Waals surface area contributed by atoms with Gasteiger partial charge in [0.05, 0.1) is 13.2 Å². The van der Waals surface area contributed by atoms with Gasteiger partial charge in [-0.2, -0.15) is 0 Å². The van der Waals surface area contributed by atoms with Crippen molar-refractivity contribution in [2.75, 3.05) is 7.11 Å². The SMILES string of the molecule is COc1cccc(CC(NN)c2ccc(F)c(F)c2)c1F. The molecule has 1 unspecified atom stereocenters. The number of halogens is 3. The second kappa shape index (κ2) is 6.60. The molecule has 0 radical (unpaired) electrons. The monoisotopic (exact) mass is 296 g/mol. The van der Waals surface area contributed by atoms with Crippen LogP contribution in [-0.4, -0.2) is 7.11 Å². The Bertz CT molecular complexity index is 634. The summed E-state index contributed by atoms with van der Waals surface area (Å²) in [6, 6.07) is 7.64. The molecule has 0 spiro atoms. The van der Waals surface area contributed by atoms with Gasteiger partial charge in [0.15, 0.2) is 23.2 Å². The highest BCUT2D eigenvalue weighted by Crippen LogP contribution is 2.25. The van der Waals surface area contributed by atoms with Gasteiger partial charge in [-0.1, -0.05) is 18.2 Å². The van der Waals surface area contributed by atoms with Gasteiger partial charge in [-0.05, 0) is 35.7 Å². The highest BCUT2D eigenvalue weighted by molar-refractivity contribution is 5.33. The molecule has 21 heavy (non-hydrogen) atoms. The number of methoxy groups -OCH3 is 1. The van der Waals surface area contributed by atoms with Crippen LogP contribution in [0.1, 0.15) is 17.2 Å². The summed E-state index contributed by atoms with van der Waals surface area (Å²) in [6.45, 7) is 0. The molecule has 3 N–H and O–H groups in total. The fraction of sp³-hybridized carbons (Fsp3) is 0.200. The van der Waals surface area contributed by atoms with E-state index in [1.807, 2.05) is 0 Å². The maximum atomic E-state index is 14.1. The van der Waals surface area contributed by atoms with Crippen LogP contribution in [0.3, 0.4) is 0 Å². The Hall–Kier alpha value is -2.05. The highest BCUT2D eigenvalue weighted by Gasteiger charge is 2.17. The summed E-state index contributed by atoms with van der Waals surface area (Å²) in [5.41, 5.74) is 3.27. The zero-order chi connectivity index (χ0) is 15.4.